The summed E-state index contributed by atoms with van der Waals surface area (Å²) >= 11 is 0. The fourth-order valence-corrected chi connectivity index (χ4v) is 3.96. The van der Waals surface area contributed by atoms with Crippen molar-refractivity contribution in [1.29, 1.82) is 0 Å². The molecule has 0 unspecified atom stereocenters. The van der Waals surface area contributed by atoms with E-state index < -0.39 is 0 Å². The number of aromatic nitrogens is 4. The summed E-state index contributed by atoms with van der Waals surface area (Å²) in [5, 5.41) is 8.03. The standard InChI is InChI=1S/C19H25N5O2/c1-23-17(22-24(2)19(23)25)11-13-7-3-4-8-14(13)20-12-18-21-15-9-5-6-10-16(15)26-18/h5-6,9-10,13-14,20H,3-4,7-8,11-12H2,1-2H3/t13-,14-/m1/s1. The number of benzene rings is 1. The van der Waals surface area contributed by atoms with E-state index in [2.05, 4.69) is 15.4 Å². The lowest BCUT2D eigenvalue weighted by Gasteiger charge is -2.31. The zero-order valence-corrected chi connectivity index (χ0v) is 15.3. The molecule has 2 aromatic heterocycles. The van der Waals surface area contributed by atoms with Crippen molar-refractivity contribution in [3.63, 3.8) is 0 Å². The smallest absolute Gasteiger partial charge is 0.345 e. The molecule has 1 saturated carbocycles. The van der Waals surface area contributed by atoms with Crippen LogP contribution >= 0.6 is 0 Å². The minimum atomic E-state index is -0.0632. The van der Waals surface area contributed by atoms with Crippen molar-refractivity contribution >= 4 is 11.1 Å². The lowest BCUT2D eigenvalue weighted by molar-refractivity contribution is 0.249. The van der Waals surface area contributed by atoms with Gasteiger partial charge in [-0.3, -0.25) is 4.57 Å². The van der Waals surface area contributed by atoms with E-state index in [0.29, 0.717) is 18.5 Å². The molecule has 1 aliphatic rings. The van der Waals surface area contributed by atoms with Gasteiger partial charge in [0, 0.05) is 26.6 Å². The van der Waals surface area contributed by atoms with Crippen molar-refractivity contribution < 1.29 is 4.42 Å². The average Bonchev–Trinajstić information content (AvgIpc) is 3.17. The molecule has 0 radical (unpaired) electrons. The molecule has 0 bridgehead atoms. The largest absolute Gasteiger partial charge is 0.439 e. The van der Waals surface area contributed by atoms with E-state index in [0.717, 1.165) is 42.1 Å². The summed E-state index contributed by atoms with van der Waals surface area (Å²) in [6.45, 7) is 0.622. The molecule has 1 N–H and O–H groups in total. The van der Waals surface area contributed by atoms with Gasteiger partial charge >= 0.3 is 5.69 Å². The third-order valence-electron chi connectivity index (χ3n) is 5.42. The number of oxazole rings is 1. The molecule has 26 heavy (non-hydrogen) atoms. The van der Waals surface area contributed by atoms with Crippen LogP contribution in [0.2, 0.25) is 0 Å². The summed E-state index contributed by atoms with van der Waals surface area (Å²) in [5.74, 6) is 2.05. The van der Waals surface area contributed by atoms with E-state index in [1.807, 2.05) is 24.3 Å². The highest BCUT2D eigenvalue weighted by Crippen LogP contribution is 2.27. The maximum Gasteiger partial charge on any atom is 0.345 e. The average molecular weight is 355 g/mol. The van der Waals surface area contributed by atoms with Crippen LogP contribution in [0.3, 0.4) is 0 Å². The van der Waals surface area contributed by atoms with Crippen LogP contribution in [0.25, 0.3) is 11.1 Å². The van der Waals surface area contributed by atoms with Crippen molar-refractivity contribution in [3.8, 4) is 0 Å². The predicted octanol–water partition coefficient (Wildman–Crippen LogP) is 2.15. The van der Waals surface area contributed by atoms with E-state index >= 15 is 0 Å². The number of nitrogens with one attached hydrogen (secondary N) is 1. The monoisotopic (exact) mass is 355 g/mol. The third-order valence-corrected chi connectivity index (χ3v) is 5.42. The van der Waals surface area contributed by atoms with Gasteiger partial charge in [-0.15, -0.1) is 0 Å². The number of hydrogen-bond donors (Lipinski definition) is 1. The lowest BCUT2D eigenvalue weighted by Crippen LogP contribution is -2.39. The molecule has 1 aliphatic carbocycles. The maximum absolute atomic E-state index is 11.9. The number of nitrogens with zero attached hydrogens (tertiary/aromatic N) is 4. The molecule has 2 atom stereocenters. The molecule has 0 aliphatic heterocycles. The highest BCUT2D eigenvalue weighted by molar-refractivity contribution is 5.72. The molecule has 2 heterocycles. The molecule has 7 nitrogen and oxygen atoms in total. The number of aryl methyl sites for hydroxylation is 1. The van der Waals surface area contributed by atoms with Gasteiger partial charge in [-0.1, -0.05) is 25.0 Å². The van der Waals surface area contributed by atoms with Crippen LogP contribution in [0.15, 0.2) is 33.5 Å². The van der Waals surface area contributed by atoms with E-state index in [9.17, 15) is 4.79 Å². The summed E-state index contributed by atoms with van der Waals surface area (Å²) in [6, 6.07) is 8.22. The molecule has 0 spiro atoms. The molecule has 0 amide bonds. The van der Waals surface area contributed by atoms with E-state index in [4.69, 9.17) is 4.42 Å². The zero-order valence-electron chi connectivity index (χ0n) is 15.3. The summed E-state index contributed by atoms with van der Waals surface area (Å²) in [7, 11) is 3.50. The van der Waals surface area contributed by atoms with Crippen molar-refractivity contribution in [1.82, 2.24) is 24.6 Å². The molecule has 7 heteroatoms. The summed E-state index contributed by atoms with van der Waals surface area (Å²) in [6.07, 6.45) is 5.55. The highest BCUT2D eigenvalue weighted by Gasteiger charge is 2.27. The first-order valence-electron chi connectivity index (χ1n) is 9.28. The Hall–Kier alpha value is -2.41. The van der Waals surface area contributed by atoms with Crippen LogP contribution < -0.4 is 11.0 Å². The molecule has 1 fully saturated rings. The third kappa shape index (κ3) is 3.31. The second kappa shape index (κ2) is 7.07. The van der Waals surface area contributed by atoms with Crippen molar-refractivity contribution in [3.05, 3.63) is 46.5 Å². The molecule has 3 aromatic rings. The Morgan fingerprint density at radius 3 is 2.81 bits per heavy atom. The van der Waals surface area contributed by atoms with Gasteiger partial charge in [-0.2, -0.15) is 5.10 Å². The van der Waals surface area contributed by atoms with Crippen LogP contribution in [-0.4, -0.2) is 25.4 Å². The Labute approximate surface area is 152 Å². The van der Waals surface area contributed by atoms with Crippen LogP contribution in [0, 0.1) is 5.92 Å². The number of rotatable bonds is 5. The van der Waals surface area contributed by atoms with Gasteiger partial charge in [0.05, 0.1) is 6.54 Å². The van der Waals surface area contributed by atoms with Crippen molar-refractivity contribution in [2.45, 2.75) is 44.7 Å². The van der Waals surface area contributed by atoms with Crippen LogP contribution in [0.4, 0.5) is 0 Å². The van der Waals surface area contributed by atoms with E-state index in [1.165, 1.54) is 17.5 Å². The highest BCUT2D eigenvalue weighted by atomic mass is 16.3. The van der Waals surface area contributed by atoms with Gasteiger partial charge in [0.2, 0.25) is 5.89 Å². The SMILES string of the molecule is Cn1nc(C[C@H]2CCCC[C@H]2NCc2nc3ccccc3o2)n(C)c1=O. The summed E-state index contributed by atoms with van der Waals surface area (Å²) < 4.78 is 8.89. The number of hydrogen-bond acceptors (Lipinski definition) is 5. The number of para-hydroxylation sites is 2. The topological polar surface area (TPSA) is 77.9 Å². The van der Waals surface area contributed by atoms with Gasteiger partial charge in [0.15, 0.2) is 5.58 Å². The quantitative estimate of drug-likeness (QED) is 0.759. The van der Waals surface area contributed by atoms with Crippen LogP contribution in [-0.2, 0) is 27.1 Å². The first-order chi connectivity index (χ1) is 12.6. The Kier molecular flexibility index (Phi) is 4.63. The second-order valence-corrected chi connectivity index (χ2v) is 7.19. The van der Waals surface area contributed by atoms with Gasteiger partial charge in [-0.25, -0.2) is 14.5 Å². The fourth-order valence-electron chi connectivity index (χ4n) is 3.96. The van der Waals surface area contributed by atoms with Crippen LogP contribution in [0.5, 0.6) is 0 Å². The predicted molar refractivity (Wildman–Crippen MR) is 98.7 cm³/mol. The lowest BCUT2D eigenvalue weighted by atomic mass is 9.82. The molecule has 0 saturated heterocycles. The van der Waals surface area contributed by atoms with Gasteiger partial charge in [-0.05, 0) is 30.9 Å². The van der Waals surface area contributed by atoms with E-state index in [1.54, 1.807) is 18.7 Å². The minimum absolute atomic E-state index is 0.0632. The maximum atomic E-state index is 11.9. The fraction of sp³-hybridized carbons (Fsp3) is 0.526. The normalized spacial score (nSPS) is 20.7. The molecule has 1 aromatic carbocycles. The van der Waals surface area contributed by atoms with Crippen molar-refractivity contribution in [2.24, 2.45) is 20.0 Å². The minimum Gasteiger partial charge on any atom is -0.439 e. The number of fused-ring (bicyclic) bond motifs is 1. The van der Waals surface area contributed by atoms with Gasteiger partial charge < -0.3 is 9.73 Å². The zero-order chi connectivity index (χ0) is 18.1. The second-order valence-electron chi connectivity index (χ2n) is 7.19. The Morgan fingerprint density at radius 2 is 2.04 bits per heavy atom. The summed E-state index contributed by atoms with van der Waals surface area (Å²) in [4.78, 5) is 16.5. The van der Waals surface area contributed by atoms with Crippen molar-refractivity contribution in [2.75, 3.05) is 0 Å². The molecular formula is C19H25N5O2. The Morgan fingerprint density at radius 1 is 1.23 bits per heavy atom. The van der Waals surface area contributed by atoms with Gasteiger partial charge in [0.1, 0.15) is 11.3 Å². The first kappa shape index (κ1) is 17.0. The summed E-state index contributed by atoms with van der Waals surface area (Å²) in [5.41, 5.74) is 1.66. The van der Waals surface area contributed by atoms with E-state index in [-0.39, 0.29) is 5.69 Å². The molecular weight excluding hydrogens is 330 g/mol. The first-order valence-corrected chi connectivity index (χ1v) is 9.28. The van der Waals surface area contributed by atoms with Gasteiger partial charge in [0.25, 0.3) is 0 Å². The molecule has 4 rings (SSSR count). The van der Waals surface area contributed by atoms with Crippen LogP contribution in [0.1, 0.15) is 37.4 Å². The Balaban J connectivity index is 1.45. The molecule has 138 valence electrons. The Bertz CT molecular complexity index is 921.